The highest BCUT2D eigenvalue weighted by Gasteiger charge is 2.21. The second-order valence-corrected chi connectivity index (χ2v) is 6.16. The molecule has 6 nitrogen and oxygen atoms in total. The van der Waals surface area contributed by atoms with E-state index in [0.717, 1.165) is 29.9 Å². The van der Waals surface area contributed by atoms with Gasteiger partial charge in [-0.2, -0.15) is 4.98 Å². The highest BCUT2D eigenvalue weighted by molar-refractivity contribution is 6.30. The summed E-state index contributed by atoms with van der Waals surface area (Å²) in [6.45, 7) is 1.43. The van der Waals surface area contributed by atoms with Crippen LogP contribution >= 0.6 is 11.6 Å². The number of hydrogen-bond donors (Lipinski definition) is 1. The van der Waals surface area contributed by atoms with Gasteiger partial charge in [-0.25, -0.2) is 4.98 Å². The Bertz CT molecular complexity index is 850. The first-order valence-electron chi connectivity index (χ1n) is 7.68. The first kappa shape index (κ1) is 15.1. The minimum atomic E-state index is -0.275. The predicted molar refractivity (Wildman–Crippen MR) is 90.8 cm³/mol. The largest absolute Gasteiger partial charge is 0.391 e. The molecule has 1 aliphatic rings. The molecule has 0 radical (unpaired) electrons. The van der Waals surface area contributed by atoms with Crippen LogP contribution in [0.3, 0.4) is 0 Å². The van der Waals surface area contributed by atoms with E-state index in [1.165, 1.54) is 0 Å². The van der Waals surface area contributed by atoms with Gasteiger partial charge in [0.25, 0.3) is 5.89 Å². The summed E-state index contributed by atoms with van der Waals surface area (Å²) in [5.41, 5.74) is 1.55. The van der Waals surface area contributed by atoms with Crippen LogP contribution in [0.4, 0.5) is 5.82 Å². The number of aliphatic hydroxyl groups excluding tert-OH is 1. The molecule has 0 saturated carbocycles. The van der Waals surface area contributed by atoms with E-state index >= 15 is 0 Å². The Morgan fingerprint density at radius 2 is 2.12 bits per heavy atom. The van der Waals surface area contributed by atoms with E-state index < -0.39 is 0 Å². The second kappa shape index (κ2) is 6.22. The van der Waals surface area contributed by atoms with Gasteiger partial charge < -0.3 is 14.5 Å². The van der Waals surface area contributed by atoms with Gasteiger partial charge in [-0.3, -0.25) is 0 Å². The average Bonchev–Trinajstić information content (AvgIpc) is 3.24. The first-order chi connectivity index (χ1) is 11.7. The zero-order chi connectivity index (χ0) is 16.5. The molecular formula is C17H15ClN4O2. The number of β-amino-alcohol motifs (C(OH)–C–C–N with tert-alkyl or cyclic N) is 1. The summed E-state index contributed by atoms with van der Waals surface area (Å²) < 4.78 is 5.33. The van der Waals surface area contributed by atoms with Gasteiger partial charge >= 0.3 is 0 Å². The molecule has 1 saturated heterocycles. The summed E-state index contributed by atoms with van der Waals surface area (Å²) in [4.78, 5) is 10.9. The lowest BCUT2D eigenvalue weighted by Gasteiger charge is -2.16. The van der Waals surface area contributed by atoms with Gasteiger partial charge in [0.15, 0.2) is 0 Å². The fourth-order valence-corrected chi connectivity index (χ4v) is 2.93. The number of anilines is 1. The van der Waals surface area contributed by atoms with E-state index in [-0.39, 0.29) is 6.10 Å². The quantitative estimate of drug-likeness (QED) is 0.788. The Morgan fingerprint density at radius 1 is 1.21 bits per heavy atom. The summed E-state index contributed by atoms with van der Waals surface area (Å²) >= 11 is 5.99. The summed E-state index contributed by atoms with van der Waals surface area (Å²) in [5, 5.41) is 14.2. The second-order valence-electron chi connectivity index (χ2n) is 5.73. The van der Waals surface area contributed by atoms with Crippen molar-refractivity contribution >= 4 is 17.4 Å². The van der Waals surface area contributed by atoms with Crippen LogP contribution in [0.15, 0.2) is 47.1 Å². The average molecular weight is 343 g/mol. The lowest BCUT2D eigenvalue weighted by molar-refractivity contribution is 0.198. The van der Waals surface area contributed by atoms with Crippen LogP contribution in [0.5, 0.6) is 0 Å². The van der Waals surface area contributed by atoms with Crippen molar-refractivity contribution in [3.8, 4) is 22.8 Å². The topological polar surface area (TPSA) is 75.3 Å². The summed E-state index contributed by atoms with van der Waals surface area (Å²) in [6, 6.07) is 11.1. The molecule has 2 aromatic heterocycles. The Hall–Kier alpha value is -2.44. The fraction of sp³-hybridized carbons (Fsp3) is 0.235. The SMILES string of the molecule is O[C@H]1CCN(c2ccc(-c3nc(-c4cccc(Cl)c4)no3)cn2)C1. The minimum absolute atomic E-state index is 0.275. The maximum Gasteiger partial charge on any atom is 0.259 e. The number of pyridine rings is 1. The van der Waals surface area contributed by atoms with E-state index in [4.69, 9.17) is 16.1 Å². The van der Waals surface area contributed by atoms with E-state index in [1.54, 1.807) is 18.3 Å². The van der Waals surface area contributed by atoms with E-state index in [2.05, 4.69) is 20.0 Å². The zero-order valence-electron chi connectivity index (χ0n) is 12.8. The third kappa shape index (κ3) is 2.98. The Labute approximate surface area is 143 Å². The first-order valence-corrected chi connectivity index (χ1v) is 8.06. The molecule has 24 heavy (non-hydrogen) atoms. The van der Waals surface area contributed by atoms with Crippen molar-refractivity contribution in [2.75, 3.05) is 18.0 Å². The molecule has 0 bridgehead atoms. The van der Waals surface area contributed by atoms with Crippen molar-refractivity contribution in [1.29, 1.82) is 0 Å². The summed E-state index contributed by atoms with van der Waals surface area (Å²) in [7, 11) is 0. The Kier molecular flexibility index (Phi) is 3.92. The van der Waals surface area contributed by atoms with Crippen LogP contribution in [0.1, 0.15) is 6.42 Å². The van der Waals surface area contributed by atoms with Crippen LogP contribution < -0.4 is 4.90 Å². The van der Waals surface area contributed by atoms with Crippen molar-refractivity contribution in [1.82, 2.24) is 15.1 Å². The van der Waals surface area contributed by atoms with Crippen LogP contribution in [0.25, 0.3) is 22.8 Å². The highest BCUT2D eigenvalue weighted by Crippen LogP contribution is 2.25. The van der Waals surface area contributed by atoms with Gasteiger partial charge in [0.2, 0.25) is 5.82 Å². The van der Waals surface area contributed by atoms with Crippen molar-refractivity contribution in [3.63, 3.8) is 0 Å². The summed E-state index contributed by atoms with van der Waals surface area (Å²) in [6.07, 6.45) is 2.20. The number of aromatic nitrogens is 3. The van der Waals surface area contributed by atoms with Crippen molar-refractivity contribution < 1.29 is 9.63 Å². The highest BCUT2D eigenvalue weighted by atomic mass is 35.5. The van der Waals surface area contributed by atoms with Crippen molar-refractivity contribution in [2.45, 2.75) is 12.5 Å². The lowest BCUT2D eigenvalue weighted by atomic mass is 10.2. The molecule has 7 heteroatoms. The number of hydrogen-bond acceptors (Lipinski definition) is 6. The number of halogens is 1. The molecule has 1 aliphatic heterocycles. The molecule has 0 unspecified atom stereocenters. The molecule has 0 aliphatic carbocycles. The molecule has 1 aromatic carbocycles. The summed E-state index contributed by atoms with van der Waals surface area (Å²) in [5.74, 6) is 1.73. The van der Waals surface area contributed by atoms with Gasteiger partial charge in [0.1, 0.15) is 5.82 Å². The van der Waals surface area contributed by atoms with E-state index in [1.807, 2.05) is 24.3 Å². The van der Waals surface area contributed by atoms with Crippen LogP contribution in [0, 0.1) is 0 Å². The van der Waals surface area contributed by atoms with Gasteiger partial charge in [-0.1, -0.05) is 28.9 Å². The van der Waals surface area contributed by atoms with Crippen LogP contribution in [-0.2, 0) is 0 Å². The molecule has 4 rings (SSSR count). The normalized spacial score (nSPS) is 17.4. The maximum atomic E-state index is 9.61. The monoisotopic (exact) mass is 342 g/mol. The smallest absolute Gasteiger partial charge is 0.259 e. The Morgan fingerprint density at radius 3 is 2.83 bits per heavy atom. The minimum Gasteiger partial charge on any atom is -0.391 e. The molecule has 0 spiro atoms. The third-order valence-electron chi connectivity index (χ3n) is 3.99. The van der Waals surface area contributed by atoms with Crippen LogP contribution in [0.2, 0.25) is 5.02 Å². The van der Waals surface area contributed by atoms with Gasteiger partial charge in [-0.05, 0) is 30.7 Å². The standard InChI is InChI=1S/C17H15ClN4O2/c18-13-3-1-2-11(8-13)16-20-17(24-21-16)12-4-5-15(19-9-12)22-7-6-14(23)10-22/h1-5,8-9,14,23H,6-7,10H2/t14-/m0/s1. The van der Waals surface area contributed by atoms with E-state index in [9.17, 15) is 5.11 Å². The van der Waals surface area contributed by atoms with Gasteiger partial charge in [-0.15, -0.1) is 0 Å². The zero-order valence-corrected chi connectivity index (χ0v) is 13.5. The molecule has 122 valence electrons. The van der Waals surface area contributed by atoms with E-state index in [0.29, 0.717) is 23.3 Å². The predicted octanol–water partition coefficient (Wildman–Crippen LogP) is 3.02. The number of nitrogens with zero attached hydrogens (tertiary/aromatic N) is 4. The number of benzene rings is 1. The van der Waals surface area contributed by atoms with Crippen molar-refractivity contribution in [3.05, 3.63) is 47.6 Å². The van der Waals surface area contributed by atoms with Crippen molar-refractivity contribution in [2.24, 2.45) is 0 Å². The molecule has 0 amide bonds. The van der Waals surface area contributed by atoms with Crippen LogP contribution in [-0.4, -0.2) is 39.4 Å². The van der Waals surface area contributed by atoms with Gasteiger partial charge in [0, 0.05) is 29.9 Å². The maximum absolute atomic E-state index is 9.61. The molecule has 3 heterocycles. The number of rotatable bonds is 3. The fourth-order valence-electron chi connectivity index (χ4n) is 2.74. The third-order valence-corrected chi connectivity index (χ3v) is 4.23. The van der Waals surface area contributed by atoms with Gasteiger partial charge in [0.05, 0.1) is 11.7 Å². The number of aliphatic hydroxyl groups is 1. The molecular weight excluding hydrogens is 328 g/mol. The molecule has 1 N–H and O–H groups in total. The Balaban J connectivity index is 1.56. The molecule has 1 atom stereocenters. The lowest BCUT2D eigenvalue weighted by Crippen LogP contribution is -2.21. The molecule has 1 fully saturated rings. The molecule has 3 aromatic rings.